The molecule has 0 radical (unpaired) electrons. The first-order valence-electron chi connectivity index (χ1n) is 13.9. The largest absolute Gasteiger partial charge is 0.486 e. The third-order valence-electron chi connectivity index (χ3n) is 7.34. The first kappa shape index (κ1) is 31.8. The Morgan fingerprint density at radius 3 is 2.39 bits per heavy atom. The van der Waals surface area contributed by atoms with Crippen LogP contribution in [0, 0.1) is 5.92 Å². The van der Waals surface area contributed by atoms with Crippen molar-refractivity contribution >= 4 is 11.9 Å². The number of amides is 1. The van der Waals surface area contributed by atoms with Gasteiger partial charge in [-0.25, -0.2) is 0 Å². The number of hydrogen-bond donors (Lipinski definition) is 1. The van der Waals surface area contributed by atoms with Gasteiger partial charge in [-0.2, -0.15) is 13.2 Å². The van der Waals surface area contributed by atoms with Crippen molar-refractivity contribution in [3.05, 3.63) is 83.4 Å². The molecule has 2 aromatic rings. The number of halogens is 3. The topological polar surface area (TPSA) is 80.0 Å². The number of hydrogen-bond acceptors (Lipinski definition) is 4. The predicted octanol–water partition coefficient (Wildman–Crippen LogP) is 8.12. The summed E-state index contributed by atoms with van der Waals surface area (Å²) in [5.41, 5.74) is 1.05. The minimum atomic E-state index is -4.42. The van der Waals surface area contributed by atoms with Crippen LogP contribution in [0.15, 0.2) is 70.9 Å². The number of furan rings is 1. The molecule has 3 rings (SSSR count). The zero-order valence-electron chi connectivity index (χ0n) is 23.8. The van der Waals surface area contributed by atoms with Crippen molar-refractivity contribution in [1.82, 2.24) is 4.90 Å². The minimum Gasteiger partial charge on any atom is -0.486 e. The van der Waals surface area contributed by atoms with Gasteiger partial charge in [0.2, 0.25) is 0 Å². The lowest BCUT2D eigenvalue weighted by molar-refractivity contribution is -0.138. The Labute approximate surface area is 239 Å². The van der Waals surface area contributed by atoms with Crippen molar-refractivity contribution in [2.24, 2.45) is 5.92 Å². The Morgan fingerprint density at radius 2 is 1.83 bits per heavy atom. The number of nitrogens with zero attached hydrogens (tertiary/aromatic N) is 1. The van der Waals surface area contributed by atoms with Crippen LogP contribution < -0.4 is 0 Å². The zero-order valence-corrected chi connectivity index (χ0v) is 23.8. The van der Waals surface area contributed by atoms with Crippen LogP contribution in [0.4, 0.5) is 13.2 Å². The molecule has 41 heavy (non-hydrogen) atoms. The van der Waals surface area contributed by atoms with Crippen molar-refractivity contribution in [2.75, 3.05) is 13.6 Å². The summed E-state index contributed by atoms with van der Waals surface area (Å²) in [7, 11) is 1.55. The maximum absolute atomic E-state index is 13.1. The third-order valence-corrected chi connectivity index (χ3v) is 7.34. The van der Waals surface area contributed by atoms with Crippen LogP contribution in [0.2, 0.25) is 0 Å². The van der Waals surface area contributed by atoms with Crippen LogP contribution in [0.3, 0.4) is 0 Å². The van der Waals surface area contributed by atoms with Gasteiger partial charge in [0.1, 0.15) is 23.4 Å². The predicted molar refractivity (Wildman–Crippen MR) is 151 cm³/mol. The van der Waals surface area contributed by atoms with Crippen molar-refractivity contribution in [3.8, 4) is 11.3 Å². The van der Waals surface area contributed by atoms with Gasteiger partial charge in [-0.15, -0.1) is 0 Å². The average Bonchev–Trinajstić information content (AvgIpc) is 3.39. The quantitative estimate of drug-likeness (QED) is 0.158. The number of rotatable bonds is 12. The van der Waals surface area contributed by atoms with E-state index in [1.807, 2.05) is 13.0 Å². The molecule has 1 heterocycles. The Kier molecular flexibility index (Phi) is 11.0. The summed E-state index contributed by atoms with van der Waals surface area (Å²) in [5.74, 6) is 0.428. The third kappa shape index (κ3) is 8.62. The first-order chi connectivity index (χ1) is 19.4. The maximum atomic E-state index is 13.1. The lowest BCUT2D eigenvalue weighted by atomic mass is 9.82. The smallest absolute Gasteiger partial charge is 0.416 e. The minimum absolute atomic E-state index is 0.0854. The highest BCUT2D eigenvalue weighted by Crippen LogP contribution is 2.42. The molecule has 0 saturated heterocycles. The van der Waals surface area contributed by atoms with Crippen molar-refractivity contribution < 1.29 is 37.0 Å². The molecule has 1 unspecified atom stereocenters. The van der Waals surface area contributed by atoms with Gasteiger partial charge in [0.15, 0.2) is 0 Å². The second-order valence-corrected chi connectivity index (χ2v) is 10.3. The SMILES string of the molecule is C=C(/C=C\C(=C/C)C(=O)N(C)CCC(=O)O)OC(c1cc(-c2ccc(C(F)(F)F)cc2)oc1CC)C1CCCCC1. The second-order valence-electron chi connectivity index (χ2n) is 10.3. The highest BCUT2D eigenvalue weighted by atomic mass is 19.4. The van der Waals surface area contributed by atoms with E-state index in [4.69, 9.17) is 14.3 Å². The molecule has 1 aromatic heterocycles. The van der Waals surface area contributed by atoms with Crippen molar-refractivity contribution in [2.45, 2.75) is 71.1 Å². The summed E-state index contributed by atoms with van der Waals surface area (Å²) >= 11 is 0. The summed E-state index contributed by atoms with van der Waals surface area (Å²) in [6, 6.07) is 6.77. The van der Waals surface area contributed by atoms with Crippen molar-refractivity contribution in [3.63, 3.8) is 0 Å². The number of carboxylic acids is 1. The van der Waals surface area contributed by atoms with Crippen LogP contribution in [-0.4, -0.2) is 35.5 Å². The Balaban J connectivity index is 1.84. The molecular formula is C32H38F3NO5. The van der Waals surface area contributed by atoms with Gasteiger partial charge in [0.05, 0.1) is 12.0 Å². The molecule has 1 saturated carbocycles. The molecule has 9 heteroatoms. The highest BCUT2D eigenvalue weighted by molar-refractivity contribution is 5.96. The van der Waals surface area contributed by atoms with Gasteiger partial charge in [0, 0.05) is 42.6 Å². The molecule has 1 fully saturated rings. The summed E-state index contributed by atoms with van der Waals surface area (Å²) in [6.07, 6.45) is 5.69. The molecular weight excluding hydrogens is 535 g/mol. The van der Waals surface area contributed by atoms with E-state index in [-0.39, 0.29) is 30.9 Å². The van der Waals surface area contributed by atoms with Gasteiger partial charge in [0.25, 0.3) is 5.91 Å². The Hall–Kier alpha value is -3.75. The summed E-state index contributed by atoms with van der Waals surface area (Å²) in [5, 5.41) is 8.90. The van der Waals surface area contributed by atoms with E-state index in [9.17, 15) is 22.8 Å². The Morgan fingerprint density at radius 1 is 1.17 bits per heavy atom. The van der Waals surface area contributed by atoms with Crippen molar-refractivity contribution in [1.29, 1.82) is 0 Å². The molecule has 1 aliphatic carbocycles. The number of carboxylic acid groups (broad SMARTS) is 1. The summed E-state index contributed by atoms with van der Waals surface area (Å²) in [6.45, 7) is 7.82. The normalized spacial score (nSPS) is 15.6. The fraction of sp³-hybridized carbons (Fsp3) is 0.438. The zero-order chi connectivity index (χ0) is 30.2. The first-order valence-corrected chi connectivity index (χ1v) is 13.9. The molecule has 222 valence electrons. The molecule has 1 N–H and O–H groups in total. The molecule has 0 bridgehead atoms. The van der Waals surface area contributed by atoms with E-state index in [2.05, 4.69) is 6.58 Å². The van der Waals surface area contributed by atoms with Gasteiger partial charge in [-0.05, 0) is 50.1 Å². The maximum Gasteiger partial charge on any atom is 0.416 e. The highest BCUT2D eigenvalue weighted by Gasteiger charge is 2.32. The number of aliphatic carboxylic acids is 1. The molecule has 1 aromatic carbocycles. The number of carbonyl (C=O) groups excluding carboxylic acids is 1. The van der Waals surface area contributed by atoms with Crippen LogP contribution in [-0.2, 0) is 26.9 Å². The monoisotopic (exact) mass is 573 g/mol. The molecule has 6 nitrogen and oxygen atoms in total. The summed E-state index contributed by atoms with van der Waals surface area (Å²) < 4.78 is 51.7. The van der Waals surface area contributed by atoms with Gasteiger partial charge < -0.3 is 19.2 Å². The van der Waals surface area contributed by atoms with Crippen LogP contribution >= 0.6 is 0 Å². The van der Waals surface area contributed by atoms with E-state index in [1.165, 1.54) is 17.0 Å². The lowest BCUT2D eigenvalue weighted by Gasteiger charge is -2.31. The van der Waals surface area contributed by atoms with E-state index in [1.54, 1.807) is 32.2 Å². The van der Waals surface area contributed by atoms with E-state index in [0.29, 0.717) is 34.8 Å². The summed E-state index contributed by atoms with van der Waals surface area (Å²) in [4.78, 5) is 25.0. The number of alkyl halides is 3. The van der Waals surface area contributed by atoms with Crippen LogP contribution in [0.25, 0.3) is 11.3 Å². The fourth-order valence-corrected chi connectivity index (χ4v) is 5.04. The average molecular weight is 574 g/mol. The molecule has 1 atom stereocenters. The van der Waals surface area contributed by atoms with E-state index < -0.39 is 17.7 Å². The number of aryl methyl sites for hydroxylation is 1. The molecule has 1 aliphatic rings. The molecule has 1 amide bonds. The standard InChI is InChI=1S/C32H38F3NO5/c1-5-22(31(39)36(4)19-18-29(37)38)13-12-21(3)40-30(24-10-8-7-9-11-24)26-20-28(41-27(26)6-2)23-14-16-25(17-15-23)32(33,34)35/h5,12-17,20,24,30H,3,6-11,18-19H2,1-2,4H3,(H,37,38)/b13-12-,22-5+. The second kappa shape index (κ2) is 14.2. The van der Waals surface area contributed by atoms with Gasteiger partial charge in [-0.3, -0.25) is 9.59 Å². The number of carbonyl (C=O) groups is 2. The molecule has 0 spiro atoms. The number of likely N-dealkylation sites (N-methyl/N-ethyl adjacent to an activating group) is 1. The number of allylic oxidation sites excluding steroid dienone is 2. The lowest BCUT2D eigenvalue weighted by Crippen LogP contribution is -2.29. The molecule has 0 aliphatic heterocycles. The number of ether oxygens (including phenoxy) is 1. The van der Waals surface area contributed by atoms with Crippen LogP contribution in [0.5, 0.6) is 0 Å². The van der Waals surface area contributed by atoms with Gasteiger partial charge in [-0.1, -0.05) is 51.0 Å². The number of benzene rings is 1. The van der Waals surface area contributed by atoms with Crippen LogP contribution in [0.1, 0.15) is 75.4 Å². The fourth-order valence-electron chi connectivity index (χ4n) is 5.04. The Bertz CT molecular complexity index is 1270. The van der Waals surface area contributed by atoms with E-state index in [0.717, 1.165) is 49.8 Å². The van der Waals surface area contributed by atoms with Gasteiger partial charge >= 0.3 is 12.1 Å². The van der Waals surface area contributed by atoms with E-state index >= 15 is 0 Å².